The first-order valence-corrected chi connectivity index (χ1v) is 19.7. The summed E-state index contributed by atoms with van der Waals surface area (Å²) in [6.07, 6.45) is 0. The highest BCUT2D eigenvalue weighted by molar-refractivity contribution is 6.27. The van der Waals surface area contributed by atoms with Crippen LogP contribution in [0, 0.1) is 0 Å². The Bertz CT molecular complexity index is 3030. The van der Waals surface area contributed by atoms with Crippen LogP contribution >= 0.6 is 0 Å². The molecule has 0 N–H and O–H groups in total. The number of nitrogens with zero attached hydrogens (tertiary/aromatic N) is 3. The molecule has 0 saturated carbocycles. The molecule has 0 spiro atoms. The van der Waals surface area contributed by atoms with Gasteiger partial charge < -0.3 is 18.8 Å². The van der Waals surface area contributed by atoms with Crippen LogP contribution in [0.3, 0.4) is 0 Å². The Morgan fingerprint density at radius 3 is 1.33 bits per heavy atom. The van der Waals surface area contributed by atoms with Gasteiger partial charge in [-0.15, -0.1) is 0 Å². The first-order valence-electron chi connectivity index (χ1n) is 19.7. The smallest absolute Gasteiger partial charge is 0.138 e. The summed E-state index contributed by atoms with van der Waals surface area (Å²) >= 11 is 0. The van der Waals surface area contributed by atoms with Crippen molar-refractivity contribution in [2.75, 3.05) is 9.80 Å². The van der Waals surface area contributed by atoms with Gasteiger partial charge in [0.2, 0.25) is 0 Å². The molecule has 58 heavy (non-hydrogen) atoms. The number of benzene rings is 9. The molecule has 0 atom stereocenters. The van der Waals surface area contributed by atoms with Crippen molar-refractivity contribution in [2.45, 2.75) is 0 Å². The average molecular weight is 744 g/mol. The van der Waals surface area contributed by atoms with Gasteiger partial charge in [0.15, 0.2) is 0 Å². The molecule has 11 rings (SSSR count). The van der Waals surface area contributed by atoms with Gasteiger partial charge in [-0.05, 0) is 120 Å². The molecule has 2 aromatic heterocycles. The van der Waals surface area contributed by atoms with Crippen LogP contribution in [0.5, 0.6) is 0 Å². The summed E-state index contributed by atoms with van der Waals surface area (Å²) in [6, 6.07) is 79.7. The van der Waals surface area contributed by atoms with Crippen LogP contribution < -0.4 is 9.80 Å². The van der Waals surface area contributed by atoms with Gasteiger partial charge in [0.25, 0.3) is 0 Å². The lowest BCUT2D eigenvalue weighted by molar-refractivity contribution is 0.664. The van der Waals surface area contributed by atoms with Gasteiger partial charge in [0.05, 0.1) is 16.4 Å². The zero-order valence-electron chi connectivity index (χ0n) is 31.6. The fourth-order valence-corrected chi connectivity index (χ4v) is 8.59. The van der Waals surface area contributed by atoms with Crippen LogP contribution in [0.25, 0.3) is 60.6 Å². The van der Waals surface area contributed by atoms with Crippen molar-refractivity contribution < 1.29 is 4.42 Å². The Hall–Kier alpha value is -7.82. The SMILES string of the molecule is c1ccc(N(c2ccccc2)c2cc(-c3cc4oc5ccccc5c5cccc6c5c4c(c3)n6-c3ccccc3)cc(N(c3ccccc3)c3ccccc3)c2)cc1. The first-order chi connectivity index (χ1) is 28.8. The molecule has 0 amide bonds. The number of anilines is 6. The molecule has 9 aromatic carbocycles. The van der Waals surface area contributed by atoms with Crippen LogP contribution in [0.2, 0.25) is 0 Å². The van der Waals surface area contributed by atoms with Gasteiger partial charge in [0, 0.05) is 50.6 Å². The fraction of sp³-hybridized carbons (Fsp3) is 0. The van der Waals surface area contributed by atoms with E-state index < -0.39 is 0 Å². The van der Waals surface area contributed by atoms with E-state index >= 15 is 0 Å². The first kappa shape index (κ1) is 33.5. The lowest BCUT2D eigenvalue weighted by atomic mass is 9.99. The maximum absolute atomic E-state index is 7.03. The Morgan fingerprint density at radius 2 is 0.776 bits per heavy atom. The number of rotatable bonds is 8. The zero-order valence-corrected chi connectivity index (χ0v) is 31.6. The quantitative estimate of drug-likeness (QED) is 0.155. The van der Waals surface area contributed by atoms with Crippen molar-refractivity contribution in [3.05, 3.63) is 224 Å². The van der Waals surface area contributed by atoms with E-state index in [1.807, 2.05) is 0 Å². The highest BCUT2D eigenvalue weighted by Crippen LogP contribution is 2.46. The van der Waals surface area contributed by atoms with E-state index in [-0.39, 0.29) is 0 Å². The molecule has 0 unspecified atom stereocenters. The molecule has 0 fully saturated rings. The third-order valence-corrected chi connectivity index (χ3v) is 11.1. The predicted octanol–water partition coefficient (Wildman–Crippen LogP) is 15.3. The molecule has 0 radical (unpaired) electrons. The molecule has 11 aromatic rings. The summed E-state index contributed by atoms with van der Waals surface area (Å²) in [5.74, 6) is 0. The maximum Gasteiger partial charge on any atom is 0.138 e. The molecular weight excluding hydrogens is 707 g/mol. The largest absolute Gasteiger partial charge is 0.456 e. The summed E-state index contributed by atoms with van der Waals surface area (Å²) in [5.41, 5.74) is 13.5. The molecule has 0 saturated heterocycles. The van der Waals surface area contributed by atoms with Crippen molar-refractivity contribution in [3.63, 3.8) is 0 Å². The number of para-hydroxylation sites is 6. The summed E-state index contributed by atoms with van der Waals surface area (Å²) < 4.78 is 9.42. The predicted molar refractivity (Wildman–Crippen MR) is 243 cm³/mol. The fourth-order valence-electron chi connectivity index (χ4n) is 8.59. The second-order valence-corrected chi connectivity index (χ2v) is 14.6. The topological polar surface area (TPSA) is 24.6 Å². The van der Waals surface area contributed by atoms with Gasteiger partial charge in [-0.1, -0.05) is 121 Å². The van der Waals surface area contributed by atoms with E-state index in [4.69, 9.17) is 4.42 Å². The van der Waals surface area contributed by atoms with Crippen LogP contribution in [-0.2, 0) is 0 Å². The van der Waals surface area contributed by atoms with E-state index in [1.165, 1.54) is 10.8 Å². The molecular formula is C54H37N3O. The lowest BCUT2D eigenvalue weighted by Gasteiger charge is -2.30. The highest BCUT2D eigenvalue weighted by Gasteiger charge is 2.23. The summed E-state index contributed by atoms with van der Waals surface area (Å²) in [5, 5.41) is 4.56. The minimum atomic E-state index is 0.836. The molecule has 4 nitrogen and oxygen atoms in total. The van der Waals surface area contributed by atoms with E-state index in [0.717, 1.165) is 83.9 Å². The highest BCUT2D eigenvalue weighted by atomic mass is 16.3. The summed E-state index contributed by atoms with van der Waals surface area (Å²) in [7, 11) is 0. The van der Waals surface area contributed by atoms with Crippen molar-refractivity contribution in [1.29, 1.82) is 0 Å². The molecule has 0 aliphatic rings. The van der Waals surface area contributed by atoms with Crippen molar-refractivity contribution in [1.82, 2.24) is 4.57 Å². The summed E-state index contributed by atoms with van der Waals surface area (Å²) in [4.78, 5) is 4.68. The number of hydrogen-bond acceptors (Lipinski definition) is 3. The van der Waals surface area contributed by atoms with Crippen LogP contribution in [0.1, 0.15) is 0 Å². The summed E-state index contributed by atoms with van der Waals surface area (Å²) in [6.45, 7) is 0. The van der Waals surface area contributed by atoms with E-state index in [2.05, 4.69) is 239 Å². The molecule has 0 aliphatic heterocycles. The number of hydrogen-bond donors (Lipinski definition) is 0. The van der Waals surface area contributed by atoms with Gasteiger partial charge in [-0.25, -0.2) is 0 Å². The minimum Gasteiger partial charge on any atom is -0.456 e. The second kappa shape index (κ2) is 14.0. The Morgan fingerprint density at radius 1 is 0.310 bits per heavy atom. The van der Waals surface area contributed by atoms with Crippen LogP contribution in [0.4, 0.5) is 34.1 Å². The van der Waals surface area contributed by atoms with Crippen molar-refractivity contribution in [2.24, 2.45) is 0 Å². The number of aromatic nitrogens is 1. The third-order valence-electron chi connectivity index (χ3n) is 11.1. The van der Waals surface area contributed by atoms with Crippen molar-refractivity contribution in [3.8, 4) is 16.8 Å². The standard InChI is InChI=1S/C54H37N3O/c1-6-19-40(20-7-1)55(41-21-8-2-9-22-41)45-33-38(34-46(37-45)56(42-23-10-3-11-24-42)43-25-12-4-13-26-43)39-35-50-54-52(36-39)58-51-32-17-16-29-47(51)48-30-18-31-49(53(48)54)57(50)44-27-14-5-15-28-44/h1-37H. The van der Waals surface area contributed by atoms with E-state index in [0.29, 0.717) is 0 Å². The van der Waals surface area contributed by atoms with Gasteiger partial charge in [-0.2, -0.15) is 0 Å². The van der Waals surface area contributed by atoms with Gasteiger partial charge >= 0.3 is 0 Å². The lowest BCUT2D eigenvalue weighted by Crippen LogP contribution is -2.13. The number of fused-ring (bicyclic) bond motifs is 2. The Kier molecular flexibility index (Phi) is 8.11. The van der Waals surface area contributed by atoms with Gasteiger partial charge in [0.1, 0.15) is 11.2 Å². The molecule has 2 heterocycles. The molecule has 4 heteroatoms. The molecule has 0 bridgehead atoms. The second-order valence-electron chi connectivity index (χ2n) is 14.6. The van der Waals surface area contributed by atoms with E-state index in [9.17, 15) is 0 Å². The van der Waals surface area contributed by atoms with E-state index in [1.54, 1.807) is 0 Å². The zero-order chi connectivity index (χ0) is 38.4. The Labute approximate surface area is 336 Å². The van der Waals surface area contributed by atoms with Gasteiger partial charge in [-0.3, -0.25) is 0 Å². The Balaban J connectivity index is 1.25. The van der Waals surface area contributed by atoms with Crippen molar-refractivity contribution >= 4 is 77.9 Å². The minimum absolute atomic E-state index is 0.836. The molecule has 0 aliphatic carbocycles. The monoisotopic (exact) mass is 743 g/mol. The van der Waals surface area contributed by atoms with Crippen LogP contribution in [0.15, 0.2) is 229 Å². The third kappa shape index (κ3) is 5.70. The normalized spacial score (nSPS) is 11.4. The van der Waals surface area contributed by atoms with Crippen LogP contribution in [-0.4, -0.2) is 4.57 Å². The maximum atomic E-state index is 7.03. The molecule has 274 valence electrons. The average Bonchev–Trinajstić information content (AvgIpc) is 3.55.